The van der Waals surface area contributed by atoms with E-state index in [0.29, 0.717) is 44.1 Å². The number of allylic oxidation sites excluding steroid dienone is 1. The lowest BCUT2D eigenvalue weighted by atomic mass is 9.46. The van der Waals surface area contributed by atoms with Gasteiger partial charge in [0.05, 0.1) is 32.0 Å². The van der Waals surface area contributed by atoms with Crippen LogP contribution in [0.15, 0.2) is 48.1 Å². The molecule has 8 rings (SSSR count). The minimum Gasteiger partial charge on any atom is -0.454 e. The first-order chi connectivity index (χ1) is 34.6. The Morgan fingerprint density at radius 2 is 1.49 bits per heavy atom. The van der Waals surface area contributed by atoms with Crippen LogP contribution in [0.5, 0.6) is 0 Å². The zero-order valence-corrected chi connectivity index (χ0v) is 42.7. The normalized spacial score (nSPS) is 44.1. The lowest BCUT2D eigenvalue weighted by Crippen LogP contribution is -2.64. The van der Waals surface area contributed by atoms with Gasteiger partial charge in [-0.3, -0.25) is 9.59 Å². The van der Waals surface area contributed by atoms with Crippen LogP contribution < -0.4 is 0 Å². The summed E-state index contributed by atoms with van der Waals surface area (Å²) in [6.07, 6.45) is -10.7. The van der Waals surface area contributed by atoms with Crippen molar-refractivity contribution >= 4 is 23.8 Å². The molecule has 3 heterocycles. The molecule has 0 unspecified atom stereocenters. The van der Waals surface area contributed by atoms with Crippen molar-refractivity contribution in [3.63, 3.8) is 0 Å². The number of fused-ring (bicyclic) bond motifs is 5. The summed E-state index contributed by atoms with van der Waals surface area (Å²) in [5.74, 6) is -2.39. The van der Waals surface area contributed by atoms with Crippen molar-refractivity contribution in [3.05, 3.63) is 53.6 Å². The molecule has 73 heavy (non-hydrogen) atoms. The minimum absolute atomic E-state index is 0.0513. The highest BCUT2D eigenvalue weighted by Gasteiger charge is 2.71. The number of hydrogen-bond donors (Lipinski definition) is 8. The number of aliphatic hydroxyl groups is 8. The molecule has 0 amide bonds. The third-order valence-corrected chi connectivity index (χ3v) is 17.8. The summed E-state index contributed by atoms with van der Waals surface area (Å²) in [7, 11) is 0. The van der Waals surface area contributed by atoms with Crippen LogP contribution in [0.3, 0.4) is 0 Å². The molecule has 6 fully saturated rings. The molecule has 7 aliphatic rings. The topological polar surface area (TPSA) is 287 Å². The number of ether oxygens (including phenoxy) is 8. The summed E-state index contributed by atoms with van der Waals surface area (Å²) in [5.41, 5.74) is -0.971. The van der Waals surface area contributed by atoms with Crippen LogP contribution >= 0.6 is 0 Å². The van der Waals surface area contributed by atoms with Crippen molar-refractivity contribution in [2.45, 2.75) is 197 Å². The van der Waals surface area contributed by atoms with E-state index in [1.165, 1.54) is 11.6 Å². The number of aliphatic hydroxyl groups excluding tert-OH is 7. The maximum atomic E-state index is 14.3. The van der Waals surface area contributed by atoms with Gasteiger partial charge in [-0.15, -0.1) is 0 Å². The Morgan fingerprint density at radius 1 is 0.795 bits per heavy atom. The highest BCUT2D eigenvalue weighted by Crippen LogP contribution is 2.69. The van der Waals surface area contributed by atoms with Crippen molar-refractivity contribution < 1.29 is 93.1 Å². The van der Waals surface area contributed by atoms with E-state index in [1.807, 2.05) is 26.8 Å². The molecule has 0 radical (unpaired) electrons. The third kappa shape index (κ3) is 11.0. The maximum Gasteiger partial charge on any atom is 0.331 e. The van der Waals surface area contributed by atoms with Gasteiger partial charge in [0.25, 0.3) is 0 Å². The minimum atomic E-state index is -1.76. The standard InChI is InChI=1S/C54H78O19/c1-27(2)12-16-36(57)28(3)54(65)40(23-35-33-15-14-31-22-32(18-20-52(31,5)34(33)19-21-53(35,54)6)69-49-45(64)44(63)43(62)39(24-55)70-49)71-51-48(68-29(4)56)46(38(59)26-67-51)73-50-47(42(61)37(58)25-66-50)72-41(60)17-13-30-10-8-7-9-11-30/h7-11,13-14,17,27-28,32-35,37-40,42-51,55,58-59,61-65H,12,15-16,18-26H2,1-6H3/b17-13+/t28-,32+,33-,34+,35+,37-,38+,39-,40+,42+,43-,44+,45-,46+,47-,48-,49-,50+,51+,52+,53+,54-/m1/s1. The van der Waals surface area contributed by atoms with Crippen LogP contribution in [0.2, 0.25) is 0 Å². The van der Waals surface area contributed by atoms with Gasteiger partial charge in [-0.05, 0) is 92.1 Å². The molecule has 0 aromatic heterocycles. The molecule has 3 saturated carbocycles. The van der Waals surface area contributed by atoms with Crippen LogP contribution in [0.25, 0.3) is 6.08 Å². The second-order valence-electron chi connectivity index (χ2n) is 22.6. The predicted octanol–water partition coefficient (Wildman–Crippen LogP) is 2.24. The second-order valence-corrected chi connectivity index (χ2v) is 22.6. The number of ketones is 1. The van der Waals surface area contributed by atoms with Crippen LogP contribution in [0.4, 0.5) is 0 Å². The van der Waals surface area contributed by atoms with E-state index in [2.05, 4.69) is 13.0 Å². The SMILES string of the molecule is CC(=O)O[C@H]1[C@H](O[C@H]2C[C@H]3[C@@H]4CC=C5C[C@@H](O[C@@H]6O[C@H](CO)[C@@H](O)[C@H](O)[C@H]6O)CC[C@]5(C)[C@H]4CC[C@]3(C)[C@@]2(O)[C@H](C)C(=O)CCC(C)C)OC[C@H](O)[C@@H]1O[C@@H]1OC[C@@H](O)[C@H](O)[C@H]1OC(=O)/C=C/c1ccccc1. The molecule has 19 heteroatoms. The second kappa shape index (κ2) is 22.8. The Morgan fingerprint density at radius 3 is 2.18 bits per heavy atom. The number of rotatable bonds is 16. The number of carbonyl (C=O) groups is 3. The maximum absolute atomic E-state index is 14.3. The molecular weight excluding hydrogens is 953 g/mol. The molecule has 3 aliphatic heterocycles. The highest BCUT2D eigenvalue weighted by molar-refractivity contribution is 5.87. The van der Waals surface area contributed by atoms with Crippen LogP contribution in [-0.4, -0.2) is 176 Å². The first-order valence-electron chi connectivity index (χ1n) is 26.2. The van der Waals surface area contributed by atoms with E-state index in [-0.39, 0.29) is 47.4 Å². The van der Waals surface area contributed by atoms with Crippen LogP contribution in [0.1, 0.15) is 105 Å². The monoisotopic (exact) mass is 1030 g/mol. The Bertz CT molecular complexity index is 2140. The number of carbonyl (C=O) groups excluding carboxylic acids is 3. The van der Waals surface area contributed by atoms with E-state index in [0.717, 1.165) is 25.8 Å². The Labute approximate surface area is 426 Å². The smallest absolute Gasteiger partial charge is 0.331 e. The molecule has 8 N–H and O–H groups in total. The largest absolute Gasteiger partial charge is 0.454 e. The summed E-state index contributed by atoms with van der Waals surface area (Å²) in [5, 5.41) is 88.0. The Kier molecular flexibility index (Phi) is 17.4. The number of hydrogen-bond acceptors (Lipinski definition) is 19. The molecule has 1 aromatic rings. The molecule has 408 valence electrons. The van der Waals surface area contributed by atoms with Crippen molar-refractivity contribution in [2.75, 3.05) is 19.8 Å². The van der Waals surface area contributed by atoms with Gasteiger partial charge in [-0.25, -0.2) is 4.79 Å². The predicted molar refractivity (Wildman–Crippen MR) is 257 cm³/mol. The third-order valence-electron chi connectivity index (χ3n) is 17.8. The zero-order chi connectivity index (χ0) is 52.7. The van der Waals surface area contributed by atoms with Gasteiger partial charge in [0.2, 0.25) is 0 Å². The first-order valence-corrected chi connectivity index (χ1v) is 26.2. The number of esters is 2. The molecule has 22 atom stereocenters. The lowest BCUT2D eigenvalue weighted by Gasteiger charge is -2.59. The van der Waals surface area contributed by atoms with E-state index in [4.69, 9.17) is 37.9 Å². The van der Waals surface area contributed by atoms with Gasteiger partial charge < -0.3 is 78.7 Å². The van der Waals surface area contributed by atoms with Crippen LogP contribution in [0, 0.1) is 40.4 Å². The van der Waals surface area contributed by atoms with Gasteiger partial charge in [-0.1, -0.05) is 76.6 Å². The number of Topliss-reactive ketones (excluding diaryl/α,β-unsaturated/α-hetero) is 1. The van der Waals surface area contributed by atoms with Crippen molar-refractivity contribution in [1.82, 2.24) is 0 Å². The summed E-state index contributed by atoms with van der Waals surface area (Å²) >= 11 is 0. The molecule has 1 aromatic carbocycles. The lowest BCUT2D eigenvalue weighted by molar-refractivity contribution is -0.346. The number of benzene rings is 1. The molecule has 0 bridgehead atoms. The fraction of sp³-hybridized carbons (Fsp3) is 0.759. The van der Waals surface area contributed by atoms with Gasteiger partial charge in [0.1, 0.15) is 60.2 Å². The molecule has 19 nitrogen and oxygen atoms in total. The molecule has 4 aliphatic carbocycles. The van der Waals surface area contributed by atoms with Crippen molar-refractivity contribution in [3.8, 4) is 0 Å². The summed E-state index contributed by atoms with van der Waals surface area (Å²) in [4.78, 5) is 40.4. The van der Waals surface area contributed by atoms with Crippen molar-refractivity contribution in [1.29, 1.82) is 0 Å². The van der Waals surface area contributed by atoms with E-state index in [9.17, 15) is 55.2 Å². The fourth-order valence-corrected chi connectivity index (χ4v) is 13.6. The van der Waals surface area contributed by atoms with Gasteiger partial charge in [0.15, 0.2) is 31.1 Å². The molecule has 3 saturated heterocycles. The van der Waals surface area contributed by atoms with Gasteiger partial charge in [0, 0.05) is 30.8 Å². The average Bonchev–Trinajstić information content (AvgIpc) is 3.59. The fourth-order valence-electron chi connectivity index (χ4n) is 13.6. The zero-order valence-electron chi connectivity index (χ0n) is 42.7. The summed E-state index contributed by atoms with van der Waals surface area (Å²) in [6.45, 7) is 9.91. The van der Waals surface area contributed by atoms with E-state index in [1.54, 1.807) is 31.2 Å². The average molecular weight is 1030 g/mol. The van der Waals surface area contributed by atoms with Crippen LogP contribution in [-0.2, 0) is 52.3 Å². The highest BCUT2D eigenvalue weighted by atomic mass is 16.8. The molecular formula is C54H78O19. The quantitative estimate of drug-likeness (QED) is 0.0669. The Hall–Kier alpha value is -3.25. The summed E-state index contributed by atoms with van der Waals surface area (Å²) < 4.78 is 48.5. The van der Waals surface area contributed by atoms with Gasteiger partial charge in [-0.2, -0.15) is 0 Å². The van der Waals surface area contributed by atoms with Crippen molar-refractivity contribution in [2.24, 2.45) is 40.4 Å². The Balaban J connectivity index is 1.05. The van der Waals surface area contributed by atoms with Gasteiger partial charge >= 0.3 is 11.9 Å². The molecule has 0 spiro atoms. The van der Waals surface area contributed by atoms with E-state index >= 15 is 0 Å². The summed E-state index contributed by atoms with van der Waals surface area (Å²) in [6, 6.07) is 8.94. The first kappa shape index (κ1) is 56.0. The van der Waals surface area contributed by atoms with E-state index < -0.39 is 135 Å².